The van der Waals surface area contributed by atoms with Gasteiger partial charge in [-0.3, -0.25) is 4.90 Å². The molecule has 1 aromatic heterocycles. The number of carbonyl (C=O) groups is 1. The van der Waals surface area contributed by atoms with Crippen LogP contribution in [0.25, 0.3) is 0 Å². The van der Waals surface area contributed by atoms with E-state index in [9.17, 15) is 4.79 Å². The number of aromatic carboxylic acids is 1. The fraction of sp³-hybridized carbons (Fsp3) is 0.417. The van der Waals surface area contributed by atoms with E-state index in [-0.39, 0.29) is 11.7 Å². The molecule has 0 saturated carbocycles. The summed E-state index contributed by atoms with van der Waals surface area (Å²) in [5, 5.41) is 17.4. The van der Waals surface area contributed by atoms with Crippen LogP contribution in [0, 0.1) is 11.3 Å². The molecular weight excluding hydrogens is 218 g/mol. The molecule has 0 aliphatic rings. The van der Waals surface area contributed by atoms with Crippen molar-refractivity contribution in [3.63, 3.8) is 0 Å². The summed E-state index contributed by atoms with van der Waals surface area (Å²) in [7, 11) is 1.89. The van der Waals surface area contributed by atoms with Crippen molar-refractivity contribution in [1.29, 1.82) is 5.26 Å². The van der Waals surface area contributed by atoms with Crippen molar-refractivity contribution in [3.05, 3.63) is 29.6 Å². The summed E-state index contributed by atoms with van der Waals surface area (Å²) in [5.41, 5.74) is 0.737. The van der Waals surface area contributed by atoms with Gasteiger partial charge in [0.15, 0.2) is 0 Å². The first-order valence-corrected chi connectivity index (χ1v) is 5.31. The molecule has 1 unspecified atom stereocenters. The fourth-order valence-corrected chi connectivity index (χ4v) is 1.39. The van der Waals surface area contributed by atoms with Gasteiger partial charge in [-0.25, -0.2) is 9.78 Å². The topological polar surface area (TPSA) is 77.2 Å². The van der Waals surface area contributed by atoms with Crippen LogP contribution in [0.2, 0.25) is 0 Å². The van der Waals surface area contributed by atoms with Crippen LogP contribution in [-0.2, 0) is 6.54 Å². The van der Waals surface area contributed by atoms with Crippen molar-refractivity contribution in [3.8, 4) is 6.07 Å². The average Bonchev–Trinajstić information content (AvgIpc) is 2.29. The van der Waals surface area contributed by atoms with Gasteiger partial charge in [0.2, 0.25) is 0 Å². The number of hydrogen-bond acceptors (Lipinski definition) is 4. The number of hydrogen-bond donors (Lipinski definition) is 1. The zero-order chi connectivity index (χ0) is 12.8. The lowest BCUT2D eigenvalue weighted by atomic mass is 10.2. The quantitative estimate of drug-likeness (QED) is 0.834. The summed E-state index contributed by atoms with van der Waals surface area (Å²) in [6, 6.07) is 7.15. The number of nitriles is 1. The van der Waals surface area contributed by atoms with Crippen molar-refractivity contribution in [2.45, 2.75) is 25.9 Å². The van der Waals surface area contributed by atoms with Gasteiger partial charge in [-0.05, 0) is 26.1 Å². The Hall–Kier alpha value is -1.93. The van der Waals surface area contributed by atoms with Gasteiger partial charge < -0.3 is 5.11 Å². The molecule has 1 N–H and O–H groups in total. The van der Waals surface area contributed by atoms with Gasteiger partial charge in [0.25, 0.3) is 0 Å². The normalized spacial score (nSPS) is 12.1. The minimum atomic E-state index is -1.03. The predicted octanol–water partition coefficient (Wildman–Crippen LogP) is 1.51. The molecule has 0 aliphatic heterocycles. The van der Waals surface area contributed by atoms with Crippen molar-refractivity contribution in [2.24, 2.45) is 0 Å². The summed E-state index contributed by atoms with van der Waals surface area (Å²) in [5.74, 6) is -1.03. The summed E-state index contributed by atoms with van der Waals surface area (Å²) < 4.78 is 0. The molecule has 0 fully saturated rings. The molecule has 5 heteroatoms. The number of pyridine rings is 1. The minimum absolute atomic E-state index is 0.0452. The van der Waals surface area contributed by atoms with Crippen molar-refractivity contribution in [2.75, 3.05) is 7.05 Å². The molecule has 1 heterocycles. The van der Waals surface area contributed by atoms with Crippen LogP contribution in [0.15, 0.2) is 18.2 Å². The van der Waals surface area contributed by atoms with E-state index in [2.05, 4.69) is 11.1 Å². The zero-order valence-electron chi connectivity index (χ0n) is 9.92. The van der Waals surface area contributed by atoms with Gasteiger partial charge in [-0.15, -0.1) is 0 Å². The van der Waals surface area contributed by atoms with Crippen LogP contribution in [0.4, 0.5) is 0 Å². The number of rotatable bonds is 5. The van der Waals surface area contributed by atoms with Crippen LogP contribution >= 0.6 is 0 Å². The smallest absolute Gasteiger partial charge is 0.354 e. The van der Waals surface area contributed by atoms with Crippen LogP contribution < -0.4 is 0 Å². The fourth-order valence-electron chi connectivity index (χ4n) is 1.39. The highest BCUT2D eigenvalue weighted by Gasteiger charge is 2.11. The van der Waals surface area contributed by atoms with E-state index in [0.717, 1.165) is 0 Å². The summed E-state index contributed by atoms with van der Waals surface area (Å²) in [4.78, 5) is 16.8. The van der Waals surface area contributed by atoms with E-state index < -0.39 is 5.97 Å². The molecule has 0 aliphatic carbocycles. The van der Waals surface area contributed by atoms with E-state index >= 15 is 0 Å². The Morgan fingerprint density at radius 3 is 2.94 bits per heavy atom. The lowest BCUT2D eigenvalue weighted by molar-refractivity contribution is 0.0690. The molecule has 0 aromatic carbocycles. The van der Waals surface area contributed by atoms with Gasteiger partial charge in [0.05, 0.1) is 18.2 Å². The van der Waals surface area contributed by atoms with E-state index in [0.29, 0.717) is 18.7 Å². The summed E-state index contributed by atoms with van der Waals surface area (Å²) in [6.45, 7) is 2.48. The predicted molar refractivity (Wildman–Crippen MR) is 62.4 cm³/mol. The molecular formula is C12H15N3O2. The average molecular weight is 233 g/mol. The Morgan fingerprint density at radius 2 is 2.35 bits per heavy atom. The third-order valence-electron chi connectivity index (χ3n) is 2.58. The Balaban J connectivity index is 2.72. The second kappa shape index (κ2) is 5.97. The standard InChI is InChI=1S/C12H15N3O2/c1-9(6-7-13)15(2)8-10-4-3-5-11(14-10)12(16)17/h3-5,9H,6,8H2,1-2H3,(H,16,17). The van der Waals surface area contributed by atoms with E-state index in [1.54, 1.807) is 12.1 Å². The van der Waals surface area contributed by atoms with Crippen LogP contribution in [0.5, 0.6) is 0 Å². The van der Waals surface area contributed by atoms with Gasteiger partial charge in [0, 0.05) is 12.6 Å². The maximum absolute atomic E-state index is 10.8. The minimum Gasteiger partial charge on any atom is -0.477 e. The molecule has 0 saturated heterocycles. The number of carboxylic acids is 1. The largest absolute Gasteiger partial charge is 0.477 e. The SMILES string of the molecule is CC(CC#N)N(C)Cc1cccc(C(=O)O)n1. The van der Waals surface area contributed by atoms with E-state index in [1.807, 2.05) is 18.9 Å². The van der Waals surface area contributed by atoms with Gasteiger partial charge in [-0.2, -0.15) is 5.26 Å². The lowest BCUT2D eigenvalue weighted by Gasteiger charge is -2.22. The molecule has 0 amide bonds. The Bertz CT molecular complexity index is 440. The van der Waals surface area contributed by atoms with Crippen LogP contribution in [0.1, 0.15) is 29.5 Å². The second-order valence-electron chi connectivity index (χ2n) is 3.95. The first-order chi connectivity index (χ1) is 8.04. The Labute approximate surface area is 100 Å². The molecule has 1 atom stereocenters. The molecule has 90 valence electrons. The number of aromatic nitrogens is 1. The van der Waals surface area contributed by atoms with Crippen molar-refractivity contribution < 1.29 is 9.90 Å². The van der Waals surface area contributed by atoms with Crippen molar-refractivity contribution in [1.82, 2.24) is 9.88 Å². The van der Waals surface area contributed by atoms with Crippen LogP contribution in [0.3, 0.4) is 0 Å². The van der Waals surface area contributed by atoms with Gasteiger partial charge in [-0.1, -0.05) is 6.07 Å². The summed E-state index contributed by atoms with van der Waals surface area (Å²) >= 11 is 0. The highest BCUT2D eigenvalue weighted by Crippen LogP contribution is 2.07. The highest BCUT2D eigenvalue weighted by atomic mass is 16.4. The molecule has 17 heavy (non-hydrogen) atoms. The van der Waals surface area contributed by atoms with E-state index in [1.165, 1.54) is 6.07 Å². The third kappa shape index (κ3) is 3.85. The van der Waals surface area contributed by atoms with Gasteiger partial charge >= 0.3 is 5.97 Å². The maximum Gasteiger partial charge on any atom is 0.354 e. The lowest BCUT2D eigenvalue weighted by Crippen LogP contribution is -2.28. The molecule has 1 rings (SSSR count). The number of nitrogens with zero attached hydrogens (tertiary/aromatic N) is 3. The molecule has 1 aromatic rings. The van der Waals surface area contributed by atoms with Crippen LogP contribution in [-0.4, -0.2) is 34.0 Å². The first kappa shape index (κ1) is 13.1. The highest BCUT2D eigenvalue weighted by molar-refractivity contribution is 5.85. The monoisotopic (exact) mass is 233 g/mol. The molecule has 0 spiro atoms. The molecule has 0 bridgehead atoms. The third-order valence-corrected chi connectivity index (χ3v) is 2.58. The second-order valence-corrected chi connectivity index (χ2v) is 3.95. The Morgan fingerprint density at radius 1 is 1.65 bits per heavy atom. The van der Waals surface area contributed by atoms with Crippen molar-refractivity contribution >= 4 is 5.97 Å². The summed E-state index contributed by atoms with van der Waals surface area (Å²) in [6.07, 6.45) is 0.440. The number of carboxylic acid groups (broad SMARTS) is 1. The Kier molecular flexibility index (Phi) is 4.61. The first-order valence-electron chi connectivity index (χ1n) is 5.31. The molecule has 5 nitrogen and oxygen atoms in total. The maximum atomic E-state index is 10.8. The van der Waals surface area contributed by atoms with E-state index in [4.69, 9.17) is 10.4 Å². The van der Waals surface area contributed by atoms with Gasteiger partial charge in [0.1, 0.15) is 5.69 Å². The zero-order valence-corrected chi connectivity index (χ0v) is 9.92. The molecule has 0 radical (unpaired) electrons.